The topological polar surface area (TPSA) is 49.9 Å². The first-order chi connectivity index (χ1) is 12.9. The summed E-state index contributed by atoms with van der Waals surface area (Å²) in [7, 11) is 0. The van der Waals surface area contributed by atoms with E-state index in [1.54, 1.807) is 47.1 Å². The standard InChI is InChI=1S/C20H20ClFN2O3/c1-14(27-18-7-3-5-16(21)13-18)19(25)23-8-10-24(11-9-23)20(26)15-4-2-6-17(22)12-15/h2-7,12-14H,8-11H2,1H3. The molecule has 1 aliphatic heterocycles. The summed E-state index contributed by atoms with van der Waals surface area (Å²) >= 11 is 5.93. The van der Waals surface area contributed by atoms with Crippen LogP contribution in [-0.4, -0.2) is 53.9 Å². The van der Waals surface area contributed by atoms with Gasteiger partial charge in [0.1, 0.15) is 11.6 Å². The molecule has 1 saturated heterocycles. The van der Waals surface area contributed by atoms with E-state index in [0.717, 1.165) is 0 Å². The van der Waals surface area contributed by atoms with Crippen molar-refractivity contribution in [2.45, 2.75) is 13.0 Å². The Labute approximate surface area is 162 Å². The number of halogens is 2. The van der Waals surface area contributed by atoms with Crippen LogP contribution in [0.2, 0.25) is 5.02 Å². The maximum Gasteiger partial charge on any atom is 0.263 e. The fourth-order valence-electron chi connectivity index (χ4n) is 2.99. The van der Waals surface area contributed by atoms with Crippen molar-refractivity contribution in [3.8, 4) is 5.75 Å². The molecule has 0 aliphatic carbocycles. The van der Waals surface area contributed by atoms with Crippen LogP contribution >= 0.6 is 11.6 Å². The number of amides is 2. The number of rotatable bonds is 4. The quantitative estimate of drug-likeness (QED) is 0.805. The molecule has 0 radical (unpaired) electrons. The molecular formula is C20H20ClFN2O3. The monoisotopic (exact) mass is 390 g/mol. The Hall–Kier alpha value is -2.60. The van der Waals surface area contributed by atoms with Crippen LogP contribution < -0.4 is 4.74 Å². The number of piperazine rings is 1. The van der Waals surface area contributed by atoms with E-state index in [4.69, 9.17) is 16.3 Å². The summed E-state index contributed by atoms with van der Waals surface area (Å²) < 4.78 is 19.0. The summed E-state index contributed by atoms with van der Waals surface area (Å²) in [5, 5.41) is 0.539. The number of hydrogen-bond donors (Lipinski definition) is 0. The summed E-state index contributed by atoms with van der Waals surface area (Å²) in [6.45, 7) is 3.29. The van der Waals surface area contributed by atoms with E-state index in [0.29, 0.717) is 42.5 Å². The largest absolute Gasteiger partial charge is 0.481 e. The highest BCUT2D eigenvalue weighted by atomic mass is 35.5. The van der Waals surface area contributed by atoms with Gasteiger partial charge in [-0.05, 0) is 43.3 Å². The lowest BCUT2D eigenvalue weighted by molar-refractivity contribution is -0.139. The fourth-order valence-corrected chi connectivity index (χ4v) is 3.17. The fraction of sp³-hybridized carbons (Fsp3) is 0.300. The third-order valence-corrected chi connectivity index (χ3v) is 4.64. The van der Waals surface area contributed by atoms with Gasteiger partial charge in [0, 0.05) is 36.8 Å². The molecule has 0 aromatic heterocycles. The molecule has 2 aromatic carbocycles. The Bertz CT molecular complexity index is 837. The van der Waals surface area contributed by atoms with Crippen molar-refractivity contribution >= 4 is 23.4 Å². The summed E-state index contributed by atoms with van der Waals surface area (Å²) in [5.74, 6) is -0.289. The normalized spacial score (nSPS) is 15.4. The molecular weight excluding hydrogens is 371 g/mol. The van der Waals surface area contributed by atoms with Crippen molar-refractivity contribution in [2.24, 2.45) is 0 Å². The van der Waals surface area contributed by atoms with Crippen molar-refractivity contribution in [1.29, 1.82) is 0 Å². The average Bonchev–Trinajstić information content (AvgIpc) is 2.67. The molecule has 7 heteroatoms. The molecule has 27 heavy (non-hydrogen) atoms. The van der Waals surface area contributed by atoms with Crippen molar-refractivity contribution in [2.75, 3.05) is 26.2 Å². The van der Waals surface area contributed by atoms with Gasteiger partial charge in [0.05, 0.1) is 0 Å². The summed E-state index contributed by atoms with van der Waals surface area (Å²) in [6, 6.07) is 12.5. The van der Waals surface area contributed by atoms with Crippen LogP contribution in [0.3, 0.4) is 0 Å². The van der Waals surface area contributed by atoms with Gasteiger partial charge in [0.25, 0.3) is 11.8 Å². The number of carbonyl (C=O) groups excluding carboxylic acids is 2. The summed E-state index contributed by atoms with van der Waals surface area (Å²) in [4.78, 5) is 28.3. The summed E-state index contributed by atoms with van der Waals surface area (Å²) in [6.07, 6.45) is -0.658. The molecule has 1 atom stereocenters. The molecule has 2 amide bonds. The molecule has 3 rings (SSSR count). The van der Waals surface area contributed by atoms with E-state index in [1.165, 1.54) is 18.2 Å². The maximum atomic E-state index is 13.3. The summed E-state index contributed by atoms with van der Waals surface area (Å²) in [5.41, 5.74) is 0.312. The first kappa shape index (κ1) is 19.2. The van der Waals surface area contributed by atoms with Crippen molar-refractivity contribution in [1.82, 2.24) is 9.80 Å². The average molecular weight is 391 g/mol. The van der Waals surface area contributed by atoms with Gasteiger partial charge in [-0.3, -0.25) is 9.59 Å². The molecule has 0 saturated carbocycles. The van der Waals surface area contributed by atoms with E-state index in [2.05, 4.69) is 0 Å². The second-order valence-corrected chi connectivity index (χ2v) is 6.78. The molecule has 0 spiro atoms. The minimum absolute atomic E-state index is 0.146. The lowest BCUT2D eigenvalue weighted by Crippen LogP contribution is -2.53. The van der Waals surface area contributed by atoms with Crippen LogP contribution in [-0.2, 0) is 4.79 Å². The second kappa shape index (κ2) is 8.39. The highest BCUT2D eigenvalue weighted by Crippen LogP contribution is 2.19. The van der Waals surface area contributed by atoms with Crippen molar-refractivity contribution < 1.29 is 18.7 Å². The molecule has 0 N–H and O–H groups in total. The first-order valence-corrected chi connectivity index (χ1v) is 9.07. The molecule has 0 bridgehead atoms. The Kier molecular flexibility index (Phi) is 5.96. The van der Waals surface area contributed by atoms with E-state index in [9.17, 15) is 14.0 Å². The van der Waals surface area contributed by atoms with Gasteiger partial charge in [-0.1, -0.05) is 23.7 Å². The lowest BCUT2D eigenvalue weighted by Gasteiger charge is -2.36. The number of ether oxygens (including phenoxy) is 1. The molecule has 1 aliphatic rings. The van der Waals surface area contributed by atoms with Gasteiger partial charge in [-0.25, -0.2) is 4.39 Å². The van der Waals surface area contributed by atoms with Crippen LogP contribution in [0.4, 0.5) is 4.39 Å². The van der Waals surface area contributed by atoms with Crippen molar-refractivity contribution in [3.63, 3.8) is 0 Å². The molecule has 1 heterocycles. The van der Waals surface area contributed by atoms with E-state index in [1.807, 2.05) is 0 Å². The third-order valence-electron chi connectivity index (χ3n) is 4.41. The van der Waals surface area contributed by atoms with Crippen LogP contribution in [0.25, 0.3) is 0 Å². The Balaban J connectivity index is 1.55. The van der Waals surface area contributed by atoms with Gasteiger partial charge in [-0.2, -0.15) is 0 Å². The van der Waals surface area contributed by atoms with E-state index < -0.39 is 11.9 Å². The minimum atomic E-state index is -0.658. The van der Waals surface area contributed by atoms with Crippen LogP contribution in [0.5, 0.6) is 5.75 Å². The number of hydrogen-bond acceptors (Lipinski definition) is 3. The zero-order valence-electron chi connectivity index (χ0n) is 14.9. The molecule has 5 nitrogen and oxygen atoms in total. The predicted octanol–water partition coefficient (Wildman–Crippen LogP) is 3.23. The number of benzene rings is 2. The Morgan fingerprint density at radius 1 is 1.04 bits per heavy atom. The first-order valence-electron chi connectivity index (χ1n) is 8.70. The van der Waals surface area contributed by atoms with Gasteiger partial charge in [0.15, 0.2) is 6.10 Å². The van der Waals surface area contributed by atoms with Gasteiger partial charge < -0.3 is 14.5 Å². The number of carbonyl (C=O) groups is 2. The van der Waals surface area contributed by atoms with Crippen LogP contribution in [0, 0.1) is 5.82 Å². The van der Waals surface area contributed by atoms with Crippen molar-refractivity contribution in [3.05, 3.63) is 64.9 Å². The maximum absolute atomic E-state index is 13.3. The minimum Gasteiger partial charge on any atom is -0.481 e. The molecule has 1 unspecified atom stereocenters. The highest BCUT2D eigenvalue weighted by molar-refractivity contribution is 6.30. The molecule has 1 fully saturated rings. The lowest BCUT2D eigenvalue weighted by atomic mass is 10.1. The van der Waals surface area contributed by atoms with Gasteiger partial charge in [-0.15, -0.1) is 0 Å². The Morgan fingerprint density at radius 2 is 1.70 bits per heavy atom. The Morgan fingerprint density at radius 3 is 2.37 bits per heavy atom. The third kappa shape index (κ3) is 4.77. The number of nitrogens with zero attached hydrogens (tertiary/aromatic N) is 2. The van der Waals surface area contributed by atoms with Gasteiger partial charge >= 0.3 is 0 Å². The van der Waals surface area contributed by atoms with E-state index in [-0.39, 0.29) is 11.8 Å². The second-order valence-electron chi connectivity index (χ2n) is 6.35. The van der Waals surface area contributed by atoms with Crippen LogP contribution in [0.1, 0.15) is 17.3 Å². The smallest absolute Gasteiger partial charge is 0.263 e. The zero-order valence-corrected chi connectivity index (χ0v) is 15.7. The predicted molar refractivity (Wildman–Crippen MR) is 100 cm³/mol. The van der Waals surface area contributed by atoms with Crippen LogP contribution in [0.15, 0.2) is 48.5 Å². The molecule has 142 valence electrons. The van der Waals surface area contributed by atoms with Gasteiger partial charge in [0.2, 0.25) is 0 Å². The van der Waals surface area contributed by atoms with E-state index >= 15 is 0 Å². The molecule has 2 aromatic rings. The highest BCUT2D eigenvalue weighted by Gasteiger charge is 2.28. The SMILES string of the molecule is CC(Oc1cccc(Cl)c1)C(=O)N1CCN(C(=O)c2cccc(F)c2)CC1. The zero-order chi connectivity index (χ0) is 19.4.